The maximum absolute atomic E-state index is 10.2. The van der Waals surface area contributed by atoms with Crippen molar-refractivity contribution >= 4 is 11.8 Å². The predicted octanol–water partition coefficient (Wildman–Crippen LogP) is 2.83. The van der Waals surface area contributed by atoms with E-state index in [1.54, 1.807) is 24.3 Å². The minimum atomic E-state index is -0.446. The summed E-state index contributed by atoms with van der Waals surface area (Å²) in [6.07, 6.45) is 2.84. The van der Waals surface area contributed by atoms with Gasteiger partial charge in [0.05, 0.1) is 11.8 Å². The van der Waals surface area contributed by atoms with Crippen molar-refractivity contribution in [2.24, 2.45) is 0 Å². The molecule has 2 rings (SSSR count). The first-order valence-electron chi connectivity index (χ1n) is 5.87. The standard InChI is InChI=1S/C14H16N2OS/c1-11(14(17)12-5-3-2-4-6-12)18-9-13-7-8-15-10-16-13/h2-8,10-11,14,17H,9H2,1H3. The molecule has 1 aromatic carbocycles. The van der Waals surface area contributed by atoms with Crippen LogP contribution in [0.1, 0.15) is 24.3 Å². The van der Waals surface area contributed by atoms with Crippen molar-refractivity contribution in [1.82, 2.24) is 9.97 Å². The van der Waals surface area contributed by atoms with Gasteiger partial charge in [-0.1, -0.05) is 37.3 Å². The smallest absolute Gasteiger partial charge is 0.115 e. The molecule has 1 aromatic heterocycles. The van der Waals surface area contributed by atoms with Gasteiger partial charge in [0.15, 0.2) is 0 Å². The average Bonchev–Trinajstić information content (AvgIpc) is 2.46. The Kier molecular flexibility index (Phi) is 4.73. The number of benzene rings is 1. The van der Waals surface area contributed by atoms with Crippen molar-refractivity contribution < 1.29 is 5.11 Å². The van der Waals surface area contributed by atoms with E-state index >= 15 is 0 Å². The number of hydrogen-bond donors (Lipinski definition) is 1. The highest BCUT2D eigenvalue weighted by Gasteiger charge is 2.16. The van der Waals surface area contributed by atoms with E-state index < -0.39 is 6.10 Å². The molecule has 0 amide bonds. The zero-order valence-corrected chi connectivity index (χ0v) is 11.0. The molecular formula is C14H16N2OS. The fraction of sp³-hybridized carbons (Fsp3) is 0.286. The van der Waals surface area contributed by atoms with E-state index in [1.165, 1.54) is 0 Å². The van der Waals surface area contributed by atoms with Gasteiger partial charge in [0, 0.05) is 17.2 Å². The third-order valence-electron chi connectivity index (χ3n) is 2.72. The Morgan fingerprint density at radius 2 is 2.00 bits per heavy atom. The Hall–Kier alpha value is -1.39. The number of aliphatic hydroxyl groups is 1. The summed E-state index contributed by atoms with van der Waals surface area (Å²) in [6, 6.07) is 11.6. The number of nitrogens with zero attached hydrogens (tertiary/aromatic N) is 2. The van der Waals surface area contributed by atoms with Gasteiger partial charge in [0.2, 0.25) is 0 Å². The van der Waals surface area contributed by atoms with E-state index in [1.807, 2.05) is 43.3 Å². The van der Waals surface area contributed by atoms with E-state index in [4.69, 9.17) is 0 Å². The van der Waals surface area contributed by atoms with E-state index in [0.29, 0.717) is 0 Å². The molecule has 0 bridgehead atoms. The zero-order chi connectivity index (χ0) is 12.8. The largest absolute Gasteiger partial charge is 0.387 e. The normalized spacial score (nSPS) is 14.1. The van der Waals surface area contributed by atoms with E-state index in [2.05, 4.69) is 9.97 Å². The van der Waals surface area contributed by atoms with Crippen LogP contribution in [0.25, 0.3) is 0 Å². The summed E-state index contributed by atoms with van der Waals surface area (Å²) < 4.78 is 0. The lowest BCUT2D eigenvalue weighted by Gasteiger charge is -2.18. The molecule has 94 valence electrons. The average molecular weight is 260 g/mol. The van der Waals surface area contributed by atoms with Crippen molar-refractivity contribution in [3.8, 4) is 0 Å². The molecule has 0 radical (unpaired) electrons. The predicted molar refractivity (Wildman–Crippen MR) is 74.2 cm³/mol. The second kappa shape index (κ2) is 6.52. The van der Waals surface area contributed by atoms with Gasteiger partial charge in [0.25, 0.3) is 0 Å². The molecule has 0 aliphatic rings. The summed E-state index contributed by atoms with van der Waals surface area (Å²) in [6.45, 7) is 2.03. The molecule has 0 fully saturated rings. The van der Waals surface area contributed by atoms with Crippen LogP contribution in [0.5, 0.6) is 0 Å². The fourth-order valence-electron chi connectivity index (χ4n) is 1.63. The molecular weight excluding hydrogens is 244 g/mol. The number of aromatic nitrogens is 2. The summed E-state index contributed by atoms with van der Waals surface area (Å²) >= 11 is 1.69. The third kappa shape index (κ3) is 3.55. The molecule has 2 unspecified atom stereocenters. The fourth-order valence-corrected chi connectivity index (χ4v) is 2.58. The van der Waals surface area contributed by atoms with Gasteiger partial charge >= 0.3 is 0 Å². The summed E-state index contributed by atoms with van der Waals surface area (Å²) in [5.41, 5.74) is 1.95. The summed E-state index contributed by atoms with van der Waals surface area (Å²) in [7, 11) is 0. The van der Waals surface area contributed by atoms with Crippen LogP contribution in [0, 0.1) is 0 Å². The highest BCUT2D eigenvalue weighted by molar-refractivity contribution is 7.99. The molecule has 3 nitrogen and oxygen atoms in total. The van der Waals surface area contributed by atoms with Crippen molar-refractivity contribution in [2.75, 3.05) is 0 Å². The van der Waals surface area contributed by atoms with Gasteiger partial charge in [-0.05, 0) is 11.6 Å². The zero-order valence-electron chi connectivity index (χ0n) is 10.2. The maximum Gasteiger partial charge on any atom is 0.115 e. The van der Waals surface area contributed by atoms with Crippen LogP contribution in [0.3, 0.4) is 0 Å². The van der Waals surface area contributed by atoms with Gasteiger partial charge in [-0.25, -0.2) is 9.97 Å². The Labute approximate surface area is 111 Å². The van der Waals surface area contributed by atoms with E-state index in [9.17, 15) is 5.11 Å². The molecule has 0 saturated carbocycles. The first kappa shape index (κ1) is 13.1. The van der Waals surface area contributed by atoms with Crippen molar-refractivity contribution in [3.63, 3.8) is 0 Å². The lowest BCUT2D eigenvalue weighted by atomic mass is 10.1. The molecule has 1 heterocycles. The van der Waals surface area contributed by atoms with Gasteiger partial charge in [-0.3, -0.25) is 0 Å². The lowest BCUT2D eigenvalue weighted by Crippen LogP contribution is -2.11. The van der Waals surface area contributed by atoms with Crippen LogP contribution < -0.4 is 0 Å². The number of hydrogen-bond acceptors (Lipinski definition) is 4. The molecule has 18 heavy (non-hydrogen) atoms. The molecule has 2 aromatic rings. The van der Waals surface area contributed by atoms with Crippen molar-refractivity contribution in [1.29, 1.82) is 0 Å². The van der Waals surface area contributed by atoms with Crippen LogP contribution >= 0.6 is 11.8 Å². The number of thioether (sulfide) groups is 1. The van der Waals surface area contributed by atoms with E-state index in [0.717, 1.165) is 17.0 Å². The number of aliphatic hydroxyl groups excluding tert-OH is 1. The first-order valence-corrected chi connectivity index (χ1v) is 6.92. The summed E-state index contributed by atoms with van der Waals surface area (Å²) in [4.78, 5) is 8.05. The highest BCUT2D eigenvalue weighted by atomic mass is 32.2. The topological polar surface area (TPSA) is 46.0 Å². The second-order valence-electron chi connectivity index (χ2n) is 4.07. The molecule has 0 spiro atoms. The molecule has 4 heteroatoms. The quantitative estimate of drug-likeness (QED) is 0.898. The minimum absolute atomic E-state index is 0.127. The molecule has 1 N–H and O–H groups in total. The Morgan fingerprint density at radius 1 is 1.22 bits per heavy atom. The van der Waals surface area contributed by atoms with Crippen molar-refractivity contribution in [2.45, 2.75) is 24.0 Å². The van der Waals surface area contributed by atoms with Crippen LogP contribution in [-0.2, 0) is 5.75 Å². The molecule has 0 aliphatic heterocycles. The Morgan fingerprint density at radius 3 is 2.67 bits per heavy atom. The third-order valence-corrected chi connectivity index (χ3v) is 3.97. The van der Waals surface area contributed by atoms with Crippen LogP contribution in [0.15, 0.2) is 48.9 Å². The summed E-state index contributed by atoms with van der Waals surface area (Å²) in [5.74, 6) is 0.785. The van der Waals surface area contributed by atoms with Crippen LogP contribution in [0.4, 0.5) is 0 Å². The Bertz CT molecular complexity index is 464. The molecule has 0 aliphatic carbocycles. The van der Waals surface area contributed by atoms with Gasteiger partial charge in [0.1, 0.15) is 6.33 Å². The van der Waals surface area contributed by atoms with Gasteiger partial charge < -0.3 is 5.11 Å². The SMILES string of the molecule is CC(SCc1ccncn1)C(O)c1ccccc1. The minimum Gasteiger partial charge on any atom is -0.387 e. The Balaban J connectivity index is 1.90. The van der Waals surface area contributed by atoms with Gasteiger partial charge in [-0.2, -0.15) is 0 Å². The van der Waals surface area contributed by atoms with Crippen LogP contribution in [-0.4, -0.2) is 20.3 Å². The van der Waals surface area contributed by atoms with E-state index in [-0.39, 0.29) is 5.25 Å². The second-order valence-corrected chi connectivity index (χ2v) is 5.44. The summed E-state index contributed by atoms with van der Waals surface area (Å²) in [5, 5.41) is 10.3. The monoisotopic (exact) mass is 260 g/mol. The number of rotatable bonds is 5. The first-order chi connectivity index (χ1) is 8.77. The highest BCUT2D eigenvalue weighted by Crippen LogP contribution is 2.27. The molecule has 2 atom stereocenters. The maximum atomic E-state index is 10.2. The van der Waals surface area contributed by atoms with Gasteiger partial charge in [-0.15, -0.1) is 11.8 Å². The lowest BCUT2D eigenvalue weighted by molar-refractivity contribution is 0.179. The van der Waals surface area contributed by atoms with Crippen molar-refractivity contribution in [3.05, 3.63) is 60.2 Å². The van der Waals surface area contributed by atoms with Crippen LogP contribution in [0.2, 0.25) is 0 Å². The molecule has 0 saturated heterocycles.